The van der Waals surface area contributed by atoms with Gasteiger partial charge >= 0.3 is 0 Å². The second kappa shape index (κ2) is 4.40. The van der Waals surface area contributed by atoms with Crippen molar-refractivity contribution in [1.29, 1.82) is 0 Å². The van der Waals surface area contributed by atoms with Crippen molar-refractivity contribution in [3.05, 3.63) is 33.0 Å². The fourth-order valence-corrected chi connectivity index (χ4v) is 1.82. The van der Waals surface area contributed by atoms with E-state index in [4.69, 9.17) is 16.7 Å². The lowest BCUT2D eigenvalue weighted by molar-refractivity contribution is 0.195. The van der Waals surface area contributed by atoms with Crippen molar-refractivity contribution in [2.24, 2.45) is 0 Å². The Hall–Kier alpha value is -0.120. The maximum absolute atomic E-state index is 13.2. The highest BCUT2D eigenvalue weighted by atomic mass is 79.9. The van der Waals surface area contributed by atoms with E-state index in [1.165, 1.54) is 6.07 Å². The minimum atomic E-state index is -0.489. The van der Waals surface area contributed by atoms with Crippen LogP contribution in [0.5, 0.6) is 0 Å². The predicted molar refractivity (Wildman–Crippen MR) is 54.5 cm³/mol. The monoisotopic (exact) mass is 266 g/mol. The maximum Gasteiger partial charge on any atom is 0.156 e. The number of aliphatic hydroxyl groups is 1. The highest BCUT2D eigenvalue weighted by Crippen LogP contribution is 2.27. The molecule has 4 heteroatoms. The molecule has 0 fully saturated rings. The van der Waals surface area contributed by atoms with E-state index in [2.05, 4.69) is 15.9 Å². The first-order valence-electron chi connectivity index (χ1n) is 3.82. The molecular weight excluding hydrogens is 258 g/mol. The van der Waals surface area contributed by atoms with E-state index in [0.29, 0.717) is 10.9 Å². The normalized spacial score (nSPS) is 13.0. The van der Waals surface area contributed by atoms with Gasteiger partial charge in [0, 0.05) is 0 Å². The first-order valence-corrected chi connectivity index (χ1v) is 5.00. The van der Waals surface area contributed by atoms with E-state index >= 15 is 0 Å². The van der Waals surface area contributed by atoms with Gasteiger partial charge in [0.15, 0.2) is 5.82 Å². The Labute approximate surface area is 89.7 Å². The molecule has 0 saturated heterocycles. The summed E-state index contributed by atoms with van der Waals surface area (Å²) in [5, 5.41) is 9.20. The van der Waals surface area contributed by atoms with Crippen molar-refractivity contribution >= 4 is 27.5 Å². The fourth-order valence-electron chi connectivity index (χ4n) is 1.04. The van der Waals surface area contributed by atoms with Gasteiger partial charge in [-0.3, -0.25) is 0 Å². The SMILES string of the molecule is CC(O)Cc1ccc(Cl)c(F)c1Br. The van der Waals surface area contributed by atoms with Gasteiger partial charge in [0.25, 0.3) is 0 Å². The molecule has 0 saturated carbocycles. The maximum atomic E-state index is 13.2. The topological polar surface area (TPSA) is 20.2 Å². The van der Waals surface area contributed by atoms with E-state index in [1.807, 2.05) is 0 Å². The average Bonchev–Trinajstić information content (AvgIpc) is 2.06. The zero-order valence-electron chi connectivity index (χ0n) is 7.02. The van der Waals surface area contributed by atoms with Crippen molar-refractivity contribution in [3.63, 3.8) is 0 Å². The predicted octanol–water partition coefficient (Wildman–Crippen LogP) is 3.16. The molecule has 0 aliphatic carbocycles. The molecule has 0 aliphatic rings. The van der Waals surface area contributed by atoms with Crippen molar-refractivity contribution < 1.29 is 9.50 Å². The number of benzene rings is 1. The summed E-state index contributed by atoms with van der Waals surface area (Å²) in [6.07, 6.45) is -0.0776. The molecule has 0 spiro atoms. The molecule has 1 unspecified atom stereocenters. The Kier molecular flexibility index (Phi) is 3.71. The minimum Gasteiger partial charge on any atom is -0.393 e. The van der Waals surface area contributed by atoms with Crippen LogP contribution < -0.4 is 0 Å². The van der Waals surface area contributed by atoms with Crippen LogP contribution in [0, 0.1) is 5.82 Å². The molecule has 0 amide bonds. The van der Waals surface area contributed by atoms with Crippen LogP contribution >= 0.6 is 27.5 Å². The zero-order valence-corrected chi connectivity index (χ0v) is 9.36. The second-order valence-corrected chi connectivity index (χ2v) is 4.09. The summed E-state index contributed by atoms with van der Waals surface area (Å²) in [7, 11) is 0. The van der Waals surface area contributed by atoms with Gasteiger partial charge in [-0.05, 0) is 40.9 Å². The van der Waals surface area contributed by atoms with Gasteiger partial charge in [0.1, 0.15) is 0 Å². The smallest absolute Gasteiger partial charge is 0.156 e. The summed E-state index contributed by atoms with van der Waals surface area (Å²) in [6, 6.07) is 3.18. The first kappa shape index (κ1) is 11.0. The molecule has 0 radical (unpaired) electrons. The Balaban J connectivity index is 3.04. The highest BCUT2D eigenvalue weighted by Gasteiger charge is 2.10. The molecule has 0 heterocycles. The molecule has 13 heavy (non-hydrogen) atoms. The molecule has 72 valence electrons. The summed E-state index contributed by atoms with van der Waals surface area (Å²) in [4.78, 5) is 0. The van der Waals surface area contributed by atoms with E-state index in [-0.39, 0.29) is 5.02 Å². The Morgan fingerprint density at radius 3 is 2.77 bits per heavy atom. The molecule has 1 aromatic carbocycles. The molecule has 0 aliphatic heterocycles. The van der Waals surface area contributed by atoms with Crippen LogP contribution in [0.25, 0.3) is 0 Å². The van der Waals surface area contributed by atoms with Crippen LogP contribution in [0.15, 0.2) is 16.6 Å². The summed E-state index contributed by atoms with van der Waals surface area (Å²) < 4.78 is 13.5. The summed E-state index contributed by atoms with van der Waals surface area (Å²) in [6.45, 7) is 1.65. The third-order valence-electron chi connectivity index (χ3n) is 1.63. The first-order chi connectivity index (χ1) is 6.02. The molecule has 1 atom stereocenters. The standard InChI is InChI=1S/C9H9BrClFO/c1-5(13)4-6-2-3-7(11)9(12)8(6)10/h2-3,5,13H,4H2,1H3. The lowest BCUT2D eigenvalue weighted by Gasteiger charge is -2.08. The highest BCUT2D eigenvalue weighted by molar-refractivity contribution is 9.10. The fraction of sp³-hybridized carbons (Fsp3) is 0.333. The number of halogens is 3. The van der Waals surface area contributed by atoms with Gasteiger partial charge in [0.2, 0.25) is 0 Å². The lowest BCUT2D eigenvalue weighted by atomic mass is 10.1. The van der Waals surface area contributed by atoms with Gasteiger partial charge in [-0.15, -0.1) is 0 Å². The van der Waals surface area contributed by atoms with Crippen LogP contribution in [0.1, 0.15) is 12.5 Å². The van der Waals surface area contributed by atoms with Crippen LogP contribution in [0.4, 0.5) is 4.39 Å². The van der Waals surface area contributed by atoms with E-state index in [9.17, 15) is 4.39 Å². The number of hydrogen-bond acceptors (Lipinski definition) is 1. The average molecular weight is 268 g/mol. The molecular formula is C9H9BrClFO. The van der Waals surface area contributed by atoms with E-state index in [0.717, 1.165) is 5.56 Å². The number of aliphatic hydroxyl groups excluding tert-OH is 1. The largest absolute Gasteiger partial charge is 0.393 e. The molecule has 1 N–H and O–H groups in total. The Morgan fingerprint density at radius 2 is 2.23 bits per heavy atom. The van der Waals surface area contributed by atoms with Crippen LogP contribution in [-0.2, 0) is 6.42 Å². The minimum absolute atomic E-state index is 0.0845. The lowest BCUT2D eigenvalue weighted by Crippen LogP contribution is -2.05. The van der Waals surface area contributed by atoms with Crippen LogP contribution in [-0.4, -0.2) is 11.2 Å². The van der Waals surface area contributed by atoms with Gasteiger partial charge in [-0.25, -0.2) is 4.39 Å². The number of hydrogen-bond donors (Lipinski definition) is 1. The van der Waals surface area contributed by atoms with Crippen LogP contribution in [0.2, 0.25) is 5.02 Å². The second-order valence-electron chi connectivity index (χ2n) is 2.89. The van der Waals surface area contributed by atoms with Gasteiger partial charge in [-0.1, -0.05) is 17.7 Å². The molecule has 1 rings (SSSR count). The van der Waals surface area contributed by atoms with E-state index in [1.54, 1.807) is 13.0 Å². The van der Waals surface area contributed by atoms with Crippen molar-refractivity contribution in [3.8, 4) is 0 Å². The summed E-state index contributed by atoms with van der Waals surface area (Å²) in [5.74, 6) is -0.472. The summed E-state index contributed by atoms with van der Waals surface area (Å²) >= 11 is 8.64. The zero-order chi connectivity index (χ0) is 10.0. The van der Waals surface area contributed by atoms with Gasteiger partial charge in [0.05, 0.1) is 15.6 Å². The molecule has 1 aromatic rings. The third-order valence-corrected chi connectivity index (χ3v) is 2.78. The van der Waals surface area contributed by atoms with Gasteiger partial charge < -0.3 is 5.11 Å². The van der Waals surface area contributed by atoms with Crippen molar-refractivity contribution in [2.75, 3.05) is 0 Å². The summed E-state index contributed by atoms with van der Waals surface area (Å²) in [5.41, 5.74) is 0.719. The molecule has 0 aromatic heterocycles. The van der Waals surface area contributed by atoms with Crippen LogP contribution in [0.3, 0.4) is 0 Å². The Morgan fingerprint density at radius 1 is 1.62 bits per heavy atom. The Bertz CT molecular complexity index is 315. The van der Waals surface area contributed by atoms with E-state index < -0.39 is 11.9 Å². The van der Waals surface area contributed by atoms with Gasteiger partial charge in [-0.2, -0.15) is 0 Å². The third kappa shape index (κ3) is 2.66. The number of rotatable bonds is 2. The molecule has 1 nitrogen and oxygen atoms in total. The quantitative estimate of drug-likeness (QED) is 0.816. The van der Waals surface area contributed by atoms with Crippen molar-refractivity contribution in [2.45, 2.75) is 19.4 Å². The molecule has 0 bridgehead atoms. The van der Waals surface area contributed by atoms with Crippen molar-refractivity contribution in [1.82, 2.24) is 0 Å².